The van der Waals surface area contributed by atoms with Crippen molar-refractivity contribution in [1.29, 1.82) is 0 Å². The van der Waals surface area contributed by atoms with Gasteiger partial charge in [0, 0.05) is 24.2 Å². The van der Waals surface area contributed by atoms with Crippen LogP contribution < -0.4 is 10.9 Å². The second-order valence-corrected chi connectivity index (χ2v) is 9.53. The highest BCUT2D eigenvalue weighted by Gasteiger charge is 2.52. The summed E-state index contributed by atoms with van der Waals surface area (Å²) in [4.78, 5) is 34.7. The Balaban J connectivity index is 1.45. The van der Waals surface area contributed by atoms with Crippen LogP contribution in [0, 0.1) is 17.8 Å². The third-order valence-electron chi connectivity index (χ3n) is 7.31. The van der Waals surface area contributed by atoms with Crippen LogP contribution in [0.4, 0.5) is 0 Å². The Morgan fingerprint density at radius 3 is 2.37 bits per heavy atom. The first kappa shape index (κ1) is 18.7. The second-order valence-electron chi connectivity index (χ2n) is 9.53. The third kappa shape index (κ3) is 3.56. The van der Waals surface area contributed by atoms with E-state index < -0.39 is 0 Å². The van der Waals surface area contributed by atoms with Gasteiger partial charge in [-0.15, -0.1) is 0 Å². The van der Waals surface area contributed by atoms with E-state index in [1.54, 1.807) is 0 Å². The molecule has 0 saturated heterocycles. The van der Waals surface area contributed by atoms with E-state index in [9.17, 15) is 9.59 Å². The third-order valence-corrected chi connectivity index (χ3v) is 7.31. The van der Waals surface area contributed by atoms with Crippen LogP contribution in [-0.2, 0) is 5.41 Å². The minimum Gasteiger partial charge on any atom is -0.352 e. The first-order valence-electron chi connectivity index (χ1n) is 10.4. The van der Waals surface area contributed by atoms with Crippen molar-refractivity contribution in [3.63, 3.8) is 0 Å². The SMILES string of the molecule is C[C@@H](CCNC(=O)c1cnc(C23CC4CC(CC(C4)C2)C3)[nH]c1=O)N(C)C. The van der Waals surface area contributed by atoms with Crippen molar-refractivity contribution in [2.45, 2.75) is 63.3 Å². The maximum Gasteiger partial charge on any atom is 0.263 e. The van der Waals surface area contributed by atoms with Gasteiger partial charge in [0.25, 0.3) is 11.5 Å². The molecule has 1 atom stereocenters. The van der Waals surface area contributed by atoms with Gasteiger partial charge < -0.3 is 15.2 Å². The number of carbonyl (C=O) groups is 1. The van der Waals surface area contributed by atoms with Crippen LogP contribution in [0.25, 0.3) is 0 Å². The molecule has 4 aliphatic carbocycles. The number of carbonyl (C=O) groups excluding carboxylic acids is 1. The van der Waals surface area contributed by atoms with Gasteiger partial charge in [-0.05, 0) is 83.7 Å². The highest BCUT2D eigenvalue weighted by Crippen LogP contribution is 2.59. The predicted octanol–water partition coefficient (Wildman–Crippen LogP) is 2.31. The molecule has 6 heteroatoms. The molecule has 4 bridgehead atoms. The topological polar surface area (TPSA) is 78.1 Å². The molecule has 6 nitrogen and oxygen atoms in total. The number of hydrogen-bond acceptors (Lipinski definition) is 4. The zero-order valence-electron chi connectivity index (χ0n) is 16.8. The Kier molecular flexibility index (Phi) is 4.87. The lowest BCUT2D eigenvalue weighted by molar-refractivity contribution is -0.00953. The lowest BCUT2D eigenvalue weighted by atomic mass is 9.49. The smallest absolute Gasteiger partial charge is 0.263 e. The van der Waals surface area contributed by atoms with Crippen molar-refractivity contribution >= 4 is 5.91 Å². The zero-order chi connectivity index (χ0) is 19.2. The highest BCUT2D eigenvalue weighted by atomic mass is 16.2. The molecule has 0 radical (unpaired) electrons. The molecule has 148 valence electrons. The summed E-state index contributed by atoms with van der Waals surface area (Å²) in [6.45, 7) is 2.66. The molecule has 0 spiro atoms. The summed E-state index contributed by atoms with van der Waals surface area (Å²) in [7, 11) is 4.04. The van der Waals surface area contributed by atoms with Gasteiger partial charge >= 0.3 is 0 Å². The van der Waals surface area contributed by atoms with E-state index in [0.717, 1.165) is 49.3 Å². The summed E-state index contributed by atoms with van der Waals surface area (Å²) >= 11 is 0. The summed E-state index contributed by atoms with van der Waals surface area (Å²) in [5.74, 6) is 2.88. The molecular formula is C21H32N4O2. The van der Waals surface area contributed by atoms with Gasteiger partial charge in [0.05, 0.1) is 0 Å². The molecule has 0 unspecified atom stereocenters. The Bertz CT molecular complexity index is 734. The first-order chi connectivity index (χ1) is 12.9. The number of rotatable bonds is 6. The van der Waals surface area contributed by atoms with Gasteiger partial charge in [0.1, 0.15) is 11.4 Å². The van der Waals surface area contributed by atoms with Gasteiger partial charge in [0.15, 0.2) is 0 Å². The first-order valence-corrected chi connectivity index (χ1v) is 10.4. The monoisotopic (exact) mass is 372 g/mol. The van der Waals surface area contributed by atoms with Crippen LogP contribution in [-0.4, -0.2) is 47.5 Å². The fraction of sp³-hybridized carbons (Fsp3) is 0.762. The van der Waals surface area contributed by atoms with E-state index >= 15 is 0 Å². The van der Waals surface area contributed by atoms with Crippen LogP contribution in [0.5, 0.6) is 0 Å². The maximum absolute atomic E-state index is 12.6. The standard InChI is InChI=1S/C21H32N4O2/c1-13(25(2)3)4-5-22-18(26)17-12-23-20(24-19(17)27)21-9-14-6-15(10-21)8-16(7-14)11-21/h12-16H,4-11H2,1-3H3,(H,22,26)(H,23,24,27)/t13-,14?,15?,16?,21?/m0/s1. The van der Waals surface area contributed by atoms with Gasteiger partial charge in [-0.3, -0.25) is 9.59 Å². The van der Waals surface area contributed by atoms with E-state index in [0.29, 0.717) is 12.6 Å². The summed E-state index contributed by atoms with van der Waals surface area (Å²) in [6.07, 6.45) is 9.86. The molecule has 1 amide bonds. The molecule has 4 saturated carbocycles. The molecule has 27 heavy (non-hydrogen) atoms. The average Bonchev–Trinajstić information content (AvgIpc) is 2.60. The minimum absolute atomic E-state index is 0.0457. The molecule has 0 aliphatic heterocycles. The Labute approximate surface area is 161 Å². The van der Waals surface area contributed by atoms with Crippen molar-refractivity contribution in [1.82, 2.24) is 20.2 Å². The van der Waals surface area contributed by atoms with Crippen molar-refractivity contribution in [3.05, 3.63) is 27.9 Å². The summed E-state index contributed by atoms with van der Waals surface area (Å²) in [6, 6.07) is 0.375. The van der Waals surface area contributed by atoms with Crippen LogP contribution in [0.1, 0.15) is 68.1 Å². The fourth-order valence-electron chi connectivity index (χ4n) is 5.97. The van der Waals surface area contributed by atoms with Crippen molar-refractivity contribution in [2.24, 2.45) is 17.8 Å². The minimum atomic E-state index is -0.327. The molecule has 1 aromatic rings. The van der Waals surface area contributed by atoms with Crippen molar-refractivity contribution < 1.29 is 4.79 Å². The Morgan fingerprint density at radius 1 is 1.26 bits per heavy atom. The Hall–Kier alpha value is -1.69. The quantitative estimate of drug-likeness (QED) is 0.803. The summed E-state index contributed by atoms with van der Waals surface area (Å²) in [5.41, 5.74) is -0.126. The normalized spacial score (nSPS) is 32.7. The number of aromatic amines is 1. The van der Waals surface area contributed by atoms with E-state index in [2.05, 4.69) is 27.1 Å². The molecule has 4 fully saturated rings. The van der Waals surface area contributed by atoms with Gasteiger partial charge in [-0.1, -0.05) is 0 Å². The van der Waals surface area contributed by atoms with Gasteiger partial charge in [0.2, 0.25) is 0 Å². The molecule has 1 heterocycles. The molecule has 2 N–H and O–H groups in total. The van der Waals surface area contributed by atoms with Gasteiger partial charge in [-0.2, -0.15) is 0 Å². The lowest BCUT2D eigenvalue weighted by Crippen LogP contribution is -2.50. The van der Waals surface area contributed by atoms with Crippen LogP contribution in [0.3, 0.4) is 0 Å². The van der Waals surface area contributed by atoms with Crippen LogP contribution in [0.15, 0.2) is 11.0 Å². The lowest BCUT2D eigenvalue weighted by Gasteiger charge is -2.56. The molecular weight excluding hydrogens is 340 g/mol. The summed E-state index contributed by atoms with van der Waals surface area (Å²) in [5, 5.41) is 2.85. The fourth-order valence-corrected chi connectivity index (χ4v) is 5.97. The predicted molar refractivity (Wildman–Crippen MR) is 105 cm³/mol. The van der Waals surface area contributed by atoms with E-state index in [1.165, 1.54) is 25.5 Å². The number of hydrogen-bond donors (Lipinski definition) is 2. The van der Waals surface area contributed by atoms with Crippen molar-refractivity contribution in [3.8, 4) is 0 Å². The number of aromatic nitrogens is 2. The average molecular weight is 373 g/mol. The molecule has 1 aromatic heterocycles. The highest BCUT2D eigenvalue weighted by molar-refractivity contribution is 5.93. The largest absolute Gasteiger partial charge is 0.352 e. The number of nitrogens with one attached hydrogen (secondary N) is 2. The van der Waals surface area contributed by atoms with E-state index in [1.807, 2.05) is 14.1 Å². The Morgan fingerprint density at radius 2 is 1.85 bits per heavy atom. The maximum atomic E-state index is 12.6. The molecule has 0 aromatic carbocycles. The number of amides is 1. The van der Waals surface area contributed by atoms with Crippen molar-refractivity contribution in [2.75, 3.05) is 20.6 Å². The second kappa shape index (κ2) is 7.04. The van der Waals surface area contributed by atoms with Gasteiger partial charge in [-0.25, -0.2) is 4.98 Å². The number of H-pyrrole nitrogens is 1. The van der Waals surface area contributed by atoms with Crippen LogP contribution in [0.2, 0.25) is 0 Å². The van der Waals surface area contributed by atoms with E-state index in [-0.39, 0.29) is 22.4 Å². The zero-order valence-corrected chi connectivity index (χ0v) is 16.8. The molecule has 5 rings (SSSR count). The number of nitrogens with zero attached hydrogens (tertiary/aromatic N) is 2. The summed E-state index contributed by atoms with van der Waals surface area (Å²) < 4.78 is 0. The van der Waals surface area contributed by atoms with Crippen LogP contribution >= 0.6 is 0 Å². The molecule has 4 aliphatic rings. The van der Waals surface area contributed by atoms with E-state index in [4.69, 9.17) is 0 Å².